The molecule has 1 atom stereocenters. The minimum absolute atomic E-state index is 0.101. The second-order valence-electron chi connectivity index (χ2n) is 3.69. The quantitative estimate of drug-likeness (QED) is 0.843. The van der Waals surface area contributed by atoms with E-state index in [1.54, 1.807) is 18.4 Å². The van der Waals surface area contributed by atoms with Crippen molar-refractivity contribution in [2.75, 3.05) is 0 Å². The van der Waals surface area contributed by atoms with Crippen LogP contribution in [0.2, 0.25) is 0 Å². The molecule has 0 saturated carbocycles. The predicted molar refractivity (Wildman–Crippen MR) is 61.0 cm³/mol. The topological polar surface area (TPSA) is 82.5 Å². The van der Waals surface area contributed by atoms with Gasteiger partial charge in [-0.1, -0.05) is 0 Å². The summed E-state index contributed by atoms with van der Waals surface area (Å²) < 4.78 is 0. The van der Waals surface area contributed by atoms with Crippen molar-refractivity contribution < 1.29 is 0 Å². The van der Waals surface area contributed by atoms with Crippen LogP contribution in [-0.2, 0) is 13.5 Å². The van der Waals surface area contributed by atoms with Gasteiger partial charge in [-0.05, 0) is 19.1 Å². The highest BCUT2D eigenvalue weighted by Gasteiger charge is 2.16. The third-order valence-electron chi connectivity index (χ3n) is 2.23. The van der Waals surface area contributed by atoms with Gasteiger partial charge in [0.15, 0.2) is 5.82 Å². The van der Waals surface area contributed by atoms with Gasteiger partial charge in [0, 0.05) is 17.3 Å². The minimum Gasteiger partial charge on any atom is -0.323 e. The molecule has 0 fully saturated rings. The number of hydrogen-bond donors (Lipinski definition) is 1. The molecule has 0 aliphatic heterocycles. The third-order valence-corrected chi connectivity index (χ3v) is 3.43. The Morgan fingerprint density at radius 1 is 1.44 bits per heavy atom. The second kappa shape index (κ2) is 4.26. The highest BCUT2D eigenvalue weighted by Crippen LogP contribution is 2.24. The van der Waals surface area contributed by atoms with Gasteiger partial charge in [-0.2, -0.15) is 4.80 Å². The Morgan fingerprint density at radius 2 is 2.19 bits per heavy atom. The molecule has 0 aliphatic rings. The Hall–Kier alpha value is -1.34. The summed E-state index contributed by atoms with van der Waals surface area (Å²) in [4.78, 5) is 6.89. The molecule has 0 spiro atoms. The number of tetrazole rings is 1. The van der Waals surface area contributed by atoms with Crippen molar-refractivity contribution in [2.24, 2.45) is 12.8 Å². The van der Waals surface area contributed by atoms with Crippen molar-refractivity contribution in [3.05, 3.63) is 21.4 Å². The summed E-state index contributed by atoms with van der Waals surface area (Å²) in [5.74, 6) is 0.667. The lowest BCUT2D eigenvalue weighted by Gasteiger charge is -2.06. The second-order valence-corrected chi connectivity index (χ2v) is 4.92. The van der Waals surface area contributed by atoms with E-state index in [1.165, 1.54) is 4.80 Å². The van der Waals surface area contributed by atoms with Crippen LogP contribution in [-0.4, -0.2) is 25.2 Å². The van der Waals surface area contributed by atoms with Gasteiger partial charge in [-0.3, -0.25) is 0 Å². The van der Waals surface area contributed by atoms with Crippen LogP contribution < -0.4 is 5.73 Å². The zero-order valence-electron chi connectivity index (χ0n) is 9.51. The highest BCUT2D eigenvalue weighted by atomic mass is 32.1. The fraction of sp³-hybridized carbons (Fsp3) is 0.556. The molecule has 0 aliphatic carbocycles. The molecule has 86 valence electrons. The van der Waals surface area contributed by atoms with E-state index in [9.17, 15) is 0 Å². The molecule has 16 heavy (non-hydrogen) atoms. The van der Waals surface area contributed by atoms with Crippen LogP contribution in [0.3, 0.4) is 0 Å². The molecule has 1 unspecified atom stereocenters. The highest BCUT2D eigenvalue weighted by molar-refractivity contribution is 7.11. The van der Waals surface area contributed by atoms with E-state index in [-0.39, 0.29) is 6.04 Å². The average molecular weight is 238 g/mol. The number of aryl methyl sites for hydroxylation is 3. The molecular weight excluding hydrogens is 224 g/mol. The fourth-order valence-corrected chi connectivity index (χ4v) is 2.51. The zero-order valence-corrected chi connectivity index (χ0v) is 10.3. The van der Waals surface area contributed by atoms with E-state index in [0.29, 0.717) is 12.2 Å². The Labute approximate surface area is 97.5 Å². The van der Waals surface area contributed by atoms with Gasteiger partial charge in [-0.25, -0.2) is 4.98 Å². The normalized spacial score (nSPS) is 13.0. The Balaban J connectivity index is 2.14. The van der Waals surface area contributed by atoms with Crippen molar-refractivity contribution in [2.45, 2.75) is 26.3 Å². The Bertz CT molecular complexity index is 488. The summed E-state index contributed by atoms with van der Waals surface area (Å²) in [6, 6.07) is -0.101. The Kier molecular flexibility index (Phi) is 2.97. The summed E-state index contributed by atoms with van der Waals surface area (Å²) in [7, 11) is 1.74. The first-order valence-corrected chi connectivity index (χ1v) is 5.80. The first-order chi connectivity index (χ1) is 7.56. The maximum Gasteiger partial charge on any atom is 0.176 e. The number of aromatic nitrogens is 5. The number of nitrogens with zero attached hydrogens (tertiary/aromatic N) is 5. The van der Waals surface area contributed by atoms with Crippen molar-refractivity contribution >= 4 is 11.3 Å². The van der Waals surface area contributed by atoms with Gasteiger partial charge < -0.3 is 5.73 Å². The molecule has 2 heterocycles. The van der Waals surface area contributed by atoms with E-state index in [1.807, 2.05) is 13.8 Å². The first kappa shape index (κ1) is 11.2. The van der Waals surface area contributed by atoms with Crippen molar-refractivity contribution in [1.29, 1.82) is 0 Å². The van der Waals surface area contributed by atoms with Crippen molar-refractivity contribution in [3.63, 3.8) is 0 Å². The van der Waals surface area contributed by atoms with E-state index in [0.717, 1.165) is 15.6 Å². The van der Waals surface area contributed by atoms with Crippen LogP contribution in [0.4, 0.5) is 0 Å². The SMILES string of the molecule is Cc1nc(C)c(C(N)Cc2nnn(C)n2)s1. The Morgan fingerprint density at radius 3 is 2.69 bits per heavy atom. The maximum absolute atomic E-state index is 6.10. The summed E-state index contributed by atoms with van der Waals surface area (Å²) >= 11 is 1.63. The summed E-state index contributed by atoms with van der Waals surface area (Å²) in [6.07, 6.45) is 0.594. The largest absolute Gasteiger partial charge is 0.323 e. The van der Waals surface area contributed by atoms with Crippen molar-refractivity contribution in [3.8, 4) is 0 Å². The predicted octanol–water partition coefficient (Wildman–Crippen LogP) is 0.526. The fourth-order valence-electron chi connectivity index (χ4n) is 1.59. The molecule has 0 saturated heterocycles. The van der Waals surface area contributed by atoms with E-state index in [4.69, 9.17) is 5.73 Å². The molecule has 2 aromatic rings. The van der Waals surface area contributed by atoms with Gasteiger partial charge in [0.1, 0.15) is 0 Å². The molecular formula is C9H14N6S. The lowest BCUT2D eigenvalue weighted by molar-refractivity contribution is 0.623. The van der Waals surface area contributed by atoms with Gasteiger partial charge in [0.2, 0.25) is 0 Å². The van der Waals surface area contributed by atoms with Gasteiger partial charge >= 0.3 is 0 Å². The molecule has 0 radical (unpaired) electrons. The summed E-state index contributed by atoms with van der Waals surface area (Å²) in [5.41, 5.74) is 7.10. The third kappa shape index (κ3) is 2.25. The van der Waals surface area contributed by atoms with Gasteiger partial charge in [0.25, 0.3) is 0 Å². The van der Waals surface area contributed by atoms with E-state index < -0.39 is 0 Å². The minimum atomic E-state index is -0.101. The molecule has 2 aromatic heterocycles. The molecule has 0 bridgehead atoms. The summed E-state index contributed by atoms with van der Waals surface area (Å²) in [6.45, 7) is 3.96. The van der Waals surface area contributed by atoms with Gasteiger partial charge in [-0.15, -0.1) is 21.5 Å². The van der Waals surface area contributed by atoms with Crippen LogP contribution in [0, 0.1) is 13.8 Å². The smallest absolute Gasteiger partial charge is 0.176 e. The van der Waals surface area contributed by atoms with E-state index >= 15 is 0 Å². The molecule has 6 nitrogen and oxygen atoms in total. The van der Waals surface area contributed by atoms with Crippen LogP contribution >= 0.6 is 11.3 Å². The van der Waals surface area contributed by atoms with Gasteiger partial charge in [0.05, 0.1) is 17.7 Å². The van der Waals surface area contributed by atoms with E-state index in [2.05, 4.69) is 20.4 Å². The lowest BCUT2D eigenvalue weighted by Crippen LogP contribution is -2.14. The zero-order chi connectivity index (χ0) is 11.7. The number of thiazole rings is 1. The molecule has 0 aromatic carbocycles. The standard InChI is InChI=1S/C9H14N6S/c1-5-9(16-6(2)11-5)7(10)4-8-12-14-15(3)13-8/h7H,4,10H2,1-3H3. The number of hydrogen-bond acceptors (Lipinski definition) is 6. The lowest BCUT2D eigenvalue weighted by atomic mass is 10.1. The van der Waals surface area contributed by atoms with Crippen LogP contribution in [0.1, 0.15) is 27.4 Å². The monoisotopic (exact) mass is 238 g/mol. The first-order valence-electron chi connectivity index (χ1n) is 4.98. The maximum atomic E-state index is 6.10. The summed E-state index contributed by atoms with van der Waals surface area (Å²) in [5, 5.41) is 12.9. The molecule has 0 amide bonds. The van der Waals surface area contributed by atoms with Crippen LogP contribution in [0.5, 0.6) is 0 Å². The molecule has 7 heteroatoms. The van der Waals surface area contributed by atoms with Crippen LogP contribution in [0.25, 0.3) is 0 Å². The average Bonchev–Trinajstić information content (AvgIpc) is 2.73. The number of rotatable bonds is 3. The molecule has 2 N–H and O–H groups in total. The van der Waals surface area contributed by atoms with Crippen molar-refractivity contribution in [1.82, 2.24) is 25.2 Å². The number of nitrogens with two attached hydrogens (primary N) is 1. The molecule has 2 rings (SSSR count). The van der Waals surface area contributed by atoms with Crippen LogP contribution in [0.15, 0.2) is 0 Å².